The predicted octanol–water partition coefficient (Wildman–Crippen LogP) is 6.60. The van der Waals surface area contributed by atoms with Gasteiger partial charge in [0.05, 0.1) is 12.1 Å². The molecule has 2 aromatic rings. The molecule has 0 bridgehead atoms. The number of carbonyl (C=O) groups excluding carboxylic acids is 1. The van der Waals surface area contributed by atoms with Crippen LogP contribution in [-0.2, 0) is 32.4 Å². The molecule has 1 aliphatic rings. The van der Waals surface area contributed by atoms with Gasteiger partial charge < -0.3 is 20.1 Å². The smallest absolute Gasteiger partial charge is 0.128 e. The van der Waals surface area contributed by atoms with Crippen LogP contribution >= 0.6 is 23.2 Å². The van der Waals surface area contributed by atoms with Crippen molar-refractivity contribution in [3.05, 3.63) is 56.6 Å². The normalized spacial score (nSPS) is 18.0. The monoisotopic (exact) mass is 620 g/mol. The van der Waals surface area contributed by atoms with Crippen molar-refractivity contribution < 1.29 is 36.9 Å². The molecule has 1 aliphatic carbocycles. The third-order valence-electron chi connectivity index (χ3n) is 6.33. The van der Waals surface area contributed by atoms with Crippen LogP contribution in [0, 0.1) is 0 Å². The summed E-state index contributed by atoms with van der Waals surface area (Å²) in [6, 6.07) is 7.09. The van der Waals surface area contributed by atoms with Gasteiger partial charge in [0.25, 0.3) is 0 Å². The fourth-order valence-corrected chi connectivity index (χ4v) is 4.83. The van der Waals surface area contributed by atoms with Gasteiger partial charge in [-0.15, -0.1) is 0 Å². The summed E-state index contributed by atoms with van der Waals surface area (Å²) in [5.74, 6) is -0.648. The number of carbonyl (C=O) groups is 1. The maximum atomic E-state index is 10.8. The molecule has 2 atom stereocenters. The van der Waals surface area contributed by atoms with Crippen LogP contribution in [0.5, 0.6) is 11.5 Å². The van der Waals surface area contributed by atoms with E-state index in [2.05, 4.69) is 0 Å². The summed E-state index contributed by atoms with van der Waals surface area (Å²) in [5.41, 5.74) is 2.36. The van der Waals surface area contributed by atoms with Crippen molar-refractivity contribution >= 4 is 41.6 Å². The molecular formula is C30H39Cl2CoN2O4-. The van der Waals surface area contributed by atoms with Crippen LogP contribution in [-0.4, -0.2) is 40.7 Å². The van der Waals surface area contributed by atoms with Gasteiger partial charge in [-0.3, -0.25) is 9.98 Å². The molecule has 1 radical (unpaired) electrons. The van der Waals surface area contributed by atoms with Gasteiger partial charge in [0, 0.05) is 67.5 Å². The van der Waals surface area contributed by atoms with E-state index in [1.807, 2.05) is 53.7 Å². The Hall–Kier alpha value is -2.06. The fourth-order valence-electron chi connectivity index (χ4n) is 4.37. The number of carboxylic acids is 1. The Morgan fingerprint density at radius 3 is 1.41 bits per heavy atom. The molecule has 3 rings (SSSR count). The minimum atomic E-state index is -1.08. The van der Waals surface area contributed by atoms with E-state index in [1.54, 1.807) is 24.6 Å². The number of hydrogen-bond acceptors (Lipinski definition) is 6. The number of carboxylic acid groups (broad SMARTS) is 1. The Balaban J connectivity index is 0.00000142. The number of nitrogens with zero attached hydrogens (tertiary/aromatic N) is 2. The number of phenolic OH excluding ortho intramolecular Hbond substituents is 2. The minimum absolute atomic E-state index is 0. The van der Waals surface area contributed by atoms with E-state index in [1.165, 1.54) is 0 Å². The maximum absolute atomic E-state index is 10.8. The average molecular weight is 621 g/mol. The Labute approximate surface area is 252 Å². The van der Waals surface area contributed by atoms with Crippen LogP contribution < -0.4 is 5.11 Å². The second-order valence-corrected chi connectivity index (χ2v) is 12.6. The molecule has 0 amide bonds. The van der Waals surface area contributed by atoms with Gasteiger partial charge >= 0.3 is 0 Å². The first-order chi connectivity index (χ1) is 17.5. The number of aromatic hydroxyl groups is 2. The first kappa shape index (κ1) is 35.0. The molecule has 2 N–H and O–H groups in total. The Morgan fingerprint density at radius 1 is 0.821 bits per heavy atom. The predicted molar refractivity (Wildman–Crippen MR) is 156 cm³/mol. The van der Waals surface area contributed by atoms with Gasteiger partial charge in [-0.1, -0.05) is 77.6 Å². The van der Waals surface area contributed by atoms with Crippen LogP contribution in [0.3, 0.4) is 0 Å². The first-order valence-corrected chi connectivity index (χ1v) is 13.6. The fraction of sp³-hybridized carbons (Fsp3) is 0.500. The standard InChI is InChI=1S/C28H36Cl2N2O2.C2H4O2.Co/c1-27(2,3)21-13-19(29)11-17(25(21)33)15-31-23-9-7-8-10-24(23)32-16-18-12-20(30)14-22(26(18)34)28(4,5)6;1-2(3)4;/h11-16,23-24,33-34H,7-10H2,1-6H3;1H3,(H,3,4);/p-1/t23-,24-;;/m1../s1. The zero-order valence-corrected chi connectivity index (χ0v) is 26.2. The molecule has 217 valence electrons. The van der Waals surface area contributed by atoms with E-state index in [0.717, 1.165) is 43.7 Å². The zero-order valence-electron chi connectivity index (χ0n) is 23.6. The molecule has 0 spiro atoms. The largest absolute Gasteiger partial charge is 0.550 e. The van der Waals surface area contributed by atoms with Crippen LogP contribution in [0.2, 0.25) is 10.0 Å². The van der Waals surface area contributed by atoms with Crippen molar-refractivity contribution in [2.24, 2.45) is 9.98 Å². The van der Waals surface area contributed by atoms with E-state index in [4.69, 9.17) is 43.1 Å². The summed E-state index contributed by atoms with van der Waals surface area (Å²) in [5, 5.41) is 31.7. The van der Waals surface area contributed by atoms with Gasteiger partial charge in [-0.05, 0) is 54.9 Å². The summed E-state index contributed by atoms with van der Waals surface area (Å²) in [6.07, 6.45) is 7.45. The molecule has 2 aromatic carbocycles. The molecule has 0 aliphatic heterocycles. The molecular weight excluding hydrogens is 582 g/mol. The van der Waals surface area contributed by atoms with Crippen LogP contribution in [0.4, 0.5) is 0 Å². The van der Waals surface area contributed by atoms with E-state index in [0.29, 0.717) is 21.2 Å². The number of aliphatic imine (C=N–C) groups is 2. The van der Waals surface area contributed by atoms with Crippen LogP contribution in [0.25, 0.3) is 0 Å². The van der Waals surface area contributed by atoms with E-state index in [9.17, 15) is 10.2 Å². The van der Waals surface area contributed by atoms with E-state index >= 15 is 0 Å². The van der Waals surface area contributed by atoms with E-state index in [-0.39, 0.29) is 51.2 Å². The molecule has 1 fully saturated rings. The topological polar surface area (TPSA) is 105 Å². The number of benzene rings is 2. The summed E-state index contributed by atoms with van der Waals surface area (Å²) in [6.45, 7) is 13.2. The number of rotatable bonds is 4. The number of aliphatic carboxylic acids is 1. The van der Waals surface area contributed by atoms with Crippen molar-refractivity contribution in [1.82, 2.24) is 0 Å². The van der Waals surface area contributed by atoms with Gasteiger partial charge in [0.1, 0.15) is 11.5 Å². The summed E-state index contributed by atoms with van der Waals surface area (Å²) >= 11 is 12.7. The van der Waals surface area contributed by atoms with Crippen molar-refractivity contribution in [3.63, 3.8) is 0 Å². The molecule has 0 saturated heterocycles. The maximum Gasteiger partial charge on any atom is 0.128 e. The van der Waals surface area contributed by atoms with Crippen LogP contribution in [0.15, 0.2) is 34.3 Å². The Kier molecular flexibility index (Phi) is 13.0. The molecule has 1 saturated carbocycles. The number of hydrogen-bond donors (Lipinski definition) is 2. The molecule has 0 heterocycles. The summed E-state index contributed by atoms with van der Waals surface area (Å²) in [4.78, 5) is 18.5. The zero-order chi connectivity index (χ0) is 28.8. The van der Waals surface area contributed by atoms with Crippen molar-refractivity contribution in [2.75, 3.05) is 0 Å². The Bertz CT molecular complexity index is 1110. The minimum Gasteiger partial charge on any atom is -0.550 e. The van der Waals surface area contributed by atoms with Gasteiger partial charge in [-0.25, -0.2) is 0 Å². The summed E-state index contributed by atoms with van der Waals surface area (Å²) in [7, 11) is 0. The molecule has 9 heteroatoms. The molecule has 0 unspecified atom stereocenters. The molecule has 39 heavy (non-hydrogen) atoms. The first-order valence-electron chi connectivity index (χ1n) is 12.8. The van der Waals surface area contributed by atoms with Gasteiger partial charge in [-0.2, -0.15) is 0 Å². The second kappa shape index (κ2) is 14.5. The van der Waals surface area contributed by atoms with Gasteiger partial charge in [0.15, 0.2) is 0 Å². The van der Waals surface area contributed by atoms with Crippen molar-refractivity contribution in [1.29, 1.82) is 0 Å². The second-order valence-electron chi connectivity index (χ2n) is 11.7. The number of phenols is 2. The van der Waals surface area contributed by atoms with Gasteiger partial charge in [0.2, 0.25) is 0 Å². The average Bonchev–Trinajstić information content (AvgIpc) is 2.78. The summed E-state index contributed by atoms with van der Waals surface area (Å²) < 4.78 is 0. The van der Waals surface area contributed by atoms with Crippen molar-refractivity contribution in [3.8, 4) is 11.5 Å². The SMILES string of the molecule is CC(=O)[O-].CC(C)(C)c1cc(Cl)cc(C=N[C@@H]2CCCC[C@H]2N=Cc2cc(Cl)cc(C(C)(C)C)c2O)c1O.[Co]. The van der Waals surface area contributed by atoms with Crippen LogP contribution in [0.1, 0.15) is 96.4 Å². The Morgan fingerprint density at radius 2 is 1.13 bits per heavy atom. The number of halogens is 2. The third-order valence-corrected chi connectivity index (χ3v) is 6.76. The van der Waals surface area contributed by atoms with Crippen molar-refractivity contribution in [2.45, 2.75) is 97.1 Å². The molecule has 6 nitrogen and oxygen atoms in total. The molecule has 0 aromatic heterocycles. The quantitative estimate of drug-likeness (QED) is 0.376. The third kappa shape index (κ3) is 10.4. The van der Waals surface area contributed by atoms with E-state index < -0.39 is 5.97 Å².